The molecule has 1 aliphatic carbocycles. The standard InChI is InChI=1S/C12H25NO/c1-7-12(8-2)9(13(5)6)11(3,4)10(12)14/h9-10,14H,7-8H2,1-6H3. The van der Waals surface area contributed by atoms with E-state index in [-0.39, 0.29) is 16.9 Å². The van der Waals surface area contributed by atoms with Gasteiger partial charge in [-0.05, 0) is 26.9 Å². The van der Waals surface area contributed by atoms with Gasteiger partial charge in [0, 0.05) is 16.9 Å². The second-order valence-electron chi connectivity index (χ2n) is 5.53. The summed E-state index contributed by atoms with van der Waals surface area (Å²) >= 11 is 0. The summed E-state index contributed by atoms with van der Waals surface area (Å²) in [5.41, 5.74) is 0.155. The highest BCUT2D eigenvalue weighted by atomic mass is 16.3. The van der Waals surface area contributed by atoms with E-state index in [9.17, 15) is 5.11 Å². The number of hydrogen-bond donors (Lipinski definition) is 1. The molecule has 0 aliphatic heterocycles. The summed E-state index contributed by atoms with van der Waals surface area (Å²) in [6.07, 6.45) is 1.98. The van der Waals surface area contributed by atoms with Crippen LogP contribution in [0, 0.1) is 10.8 Å². The Morgan fingerprint density at radius 2 is 1.57 bits per heavy atom. The Morgan fingerprint density at radius 3 is 1.79 bits per heavy atom. The van der Waals surface area contributed by atoms with Crippen LogP contribution in [0.3, 0.4) is 0 Å². The summed E-state index contributed by atoms with van der Waals surface area (Å²) < 4.78 is 0. The fourth-order valence-electron chi connectivity index (χ4n) is 3.89. The van der Waals surface area contributed by atoms with Crippen LogP contribution in [0.25, 0.3) is 0 Å². The van der Waals surface area contributed by atoms with Gasteiger partial charge in [0.15, 0.2) is 0 Å². The molecule has 0 aromatic carbocycles. The van der Waals surface area contributed by atoms with Gasteiger partial charge < -0.3 is 10.0 Å². The van der Waals surface area contributed by atoms with Crippen LogP contribution < -0.4 is 0 Å². The fourth-order valence-corrected chi connectivity index (χ4v) is 3.89. The Labute approximate surface area is 88.3 Å². The lowest BCUT2D eigenvalue weighted by atomic mass is 9.45. The average molecular weight is 199 g/mol. The number of nitrogens with zero attached hydrogens (tertiary/aromatic N) is 1. The molecule has 1 aliphatic rings. The van der Waals surface area contributed by atoms with E-state index in [0.29, 0.717) is 6.04 Å². The summed E-state index contributed by atoms with van der Waals surface area (Å²) in [5, 5.41) is 10.3. The van der Waals surface area contributed by atoms with Crippen molar-refractivity contribution in [2.75, 3.05) is 14.1 Å². The monoisotopic (exact) mass is 199 g/mol. The zero-order chi connectivity index (χ0) is 11.1. The molecule has 1 saturated carbocycles. The molecule has 0 saturated heterocycles. The van der Waals surface area contributed by atoms with Gasteiger partial charge in [-0.3, -0.25) is 0 Å². The highest BCUT2D eigenvalue weighted by Gasteiger charge is 2.64. The predicted octanol–water partition coefficient (Wildman–Crippen LogP) is 2.12. The summed E-state index contributed by atoms with van der Waals surface area (Å²) in [6, 6.07) is 0.500. The quantitative estimate of drug-likeness (QED) is 0.752. The van der Waals surface area contributed by atoms with Crippen LogP contribution in [0.5, 0.6) is 0 Å². The normalized spacial score (nSPS) is 34.3. The maximum Gasteiger partial charge on any atom is 0.0677 e. The van der Waals surface area contributed by atoms with Crippen LogP contribution in [0.15, 0.2) is 0 Å². The van der Waals surface area contributed by atoms with E-state index in [1.54, 1.807) is 0 Å². The van der Waals surface area contributed by atoms with Crippen molar-refractivity contribution in [3.63, 3.8) is 0 Å². The molecule has 1 N–H and O–H groups in total. The van der Waals surface area contributed by atoms with E-state index >= 15 is 0 Å². The molecule has 2 unspecified atom stereocenters. The zero-order valence-electron chi connectivity index (χ0n) is 10.5. The molecule has 0 heterocycles. The lowest BCUT2D eigenvalue weighted by molar-refractivity contribution is -0.232. The molecule has 0 aromatic heterocycles. The van der Waals surface area contributed by atoms with E-state index in [4.69, 9.17) is 0 Å². The molecule has 2 atom stereocenters. The molecule has 1 rings (SSSR count). The third kappa shape index (κ3) is 1.24. The van der Waals surface area contributed by atoms with E-state index in [2.05, 4.69) is 46.7 Å². The van der Waals surface area contributed by atoms with Gasteiger partial charge in [0.1, 0.15) is 0 Å². The van der Waals surface area contributed by atoms with Gasteiger partial charge in [-0.25, -0.2) is 0 Å². The van der Waals surface area contributed by atoms with Gasteiger partial charge in [-0.1, -0.05) is 27.7 Å². The molecular weight excluding hydrogens is 174 g/mol. The number of hydrogen-bond acceptors (Lipinski definition) is 2. The number of rotatable bonds is 3. The van der Waals surface area contributed by atoms with E-state index in [1.165, 1.54) is 0 Å². The third-order valence-corrected chi connectivity index (χ3v) is 4.33. The molecule has 0 spiro atoms. The lowest BCUT2D eigenvalue weighted by Crippen LogP contribution is -2.73. The van der Waals surface area contributed by atoms with Crippen molar-refractivity contribution in [3.8, 4) is 0 Å². The van der Waals surface area contributed by atoms with Crippen molar-refractivity contribution in [3.05, 3.63) is 0 Å². The smallest absolute Gasteiger partial charge is 0.0677 e. The predicted molar refractivity (Wildman–Crippen MR) is 60.3 cm³/mol. The van der Waals surface area contributed by atoms with Crippen LogP contribution in [0.4, 0.5) is 0 Å². The minimum atomic E-state index is -0.155. The summed E-state index contributed by atoms with van der Waals surface area (Å²) in [7, 11) is 4.25. The van der Waals surface area contributed by atoms with Gasteiger partial charge in [0.25, 0.3) is 0 Å². The molecule has 0 aromatic rings. The zero-order valence-corrected chi connectivity index (χ0v) is 10.5. The van der Waals surface area contributed by atoms with Crippen molar-refractivity contribution in [2.45, 2.75) is 52.7 Å². The van der Waals surface area contributed by atoms with Gasteiger partial charge in [0.05, 0.1) is 6.10 Å². The van der Waals surface area contributed by atoms with Crippen LogP contribution in [0.1, 0.15) is 40.5 Å². The van der Waals surface area contributed by atoms with Crippen LogP contribution in [-0.2, 0) is 0 Å². The van der Waals surface area contributed by atoms with Crippen molar-refractivity contribution in [1.82, 2.24) is 4.90 Å². The van der Waals surface area contributed by atoms with Gasteiger partial charge >= 0.3 is 0 Å². The van der Waals surface area contributed by atoms with Gasteiger partial charge in [-0.2, -0.15) is 0 Å². The largest absolute Gasteiger partial charge is 0.392 e. The van der Waals surface area contributed by atoms with Crippen LogP contribution >= 0.6 is 0 Å². The first-order valence-electron chi connectivity index (χ1n) is 5.69. The van der Waals surface area contributed by atoms with E-state index in [1.807, 2.05) is 0 Å². The first kappa shape index (κ1) is 12.0. The Bertz CT molecular complexity index is 206. The molecule has 0 amide bonds. The second kappa shape index (κ2) is 3.49. The van der Waals surface area contributed by atoms with Gasteiger partial charge in [-0.15, -0.1) is 0 Å². The molecule has 0 radical (unpaired) electrons. The average Bonchev–Trinajstić information content (AvgIpc) is 2.11. The minimum absolute atomic E-state index is 0.0372. The van der Waals surface area contributed by atoms with Gasteiger partial charge in [0.2, 0.25) is 0 Å². The van der Waals surface area contributed by atoms with Crippen LogP contribution in [0.2, 0.25) is 0 Å². The topological polar surface area (TPSA) is 23.5 Å². The summed E-state index contributed by atoms with van der Waals surface area (Å²) in [6.45, 7) is 8.73. The molecule has 0 bridgehead atoms. The molecule has 2 nitrogen and oxygen atoms in total. The molecule has 1 fully saturated rings. The second-order valence-corrected chi connectivity index (χ2v) is 5.53. The van der Waals surface area contributed by atoms with Crippen molar-refractivity contribution < 1.29 is 5.11 Å². The number of aliphatic hydroxyl groups excluding tert-OH is 1. The Kier molecular flexibility index (Phi) is 2.99. The first-order valence-corrected chi connectivity index (χ1v) is 5.69. The Hall–Kier alpha value is -0.0800. The van der Waals surface area contributed by atoms with Crippen LogP contribution in [-0.4, -0.2) is 36.2 Å². The van der Waals surface area contributed by atoms with Crippen molar-refractivity contribution in [1.29, 1.82) is 0 Å². The molecule has 84 valence electrons. The maximum atomic E-state index is 10.3. The first-order chi connectivity index (χ1) is 6.34. The molecule has 14 heavy (non-hydrogen) atoms. The summed E-state index contributed by atoms with van der Waals surface area (Å²) in [5.74, 6) is 0. The molecule has 2 heteroatoms. The SMILES string of the molecule is CCC1(CC)C(O)C(C)(C)C1N(C)C. The lowest BCUT2D eigenvalue weighted by Gasteiger charge is -2.66. The van der Waals surface area contributed by atoms with E-state index in [0.717, 1.165) is 12.8 Å². The molecular formula is C12H25NO. The van der Waals surface area contributed by atoms with E-state index < -0.39 is 0 Å². The highest BCUT2D eigenvalue weighted by molar-refractivity contribution is 5.16. The Morgan fingerprint density at radius 1 is 1.14 bits per heavy atom. The Balaban J connectivity index is 2.98. The van der Waals surface area contributed by atoms with Crippen molar-refractivity contribution >= 4 is 0 Å². The number of aliphatic hydroxyl groups is 1. The van der Waals surface area contributed by atoms with Crippen molar-refractivity contribution in [2.24, 2.45) is 10.8 Å². The summed E-state index contributed by atoms with van der Waals surface area (Å²) in [4.78, 5) is 2.28. The highest BCUT2D eigenvalue weighted by Crippen LogP contribution is 2.59. The maximum absolute atomic E-state index is 10.3. The third-order valence-electron chi connectivity index (χ3n) is 4.33. The minimum Gasteiger partial charge on any atom is -0.392 e. The fraction of sp³-hybridized carbons (Fsp3) is 1.00.